The summed E-state index contributed by atoms with van der Waals surface area (Å²) < 4.78 is 16.1. The molecule has 1 amide bonds. The molecule has 0 unspecified atom stereocenters. The van der Waals surface area contributed by atoms with Crippen LogP contribution in [-0.2, 0) is 4.79 Å². The number of amides is 1. The lowest BCUT2D eigenvalue weighted by Gasteiger charge is -2.30. The molecule has 1 aromatic carbocycles. The Labute approximate surface area is 118 Å². The quantitative estimate of drug-likeness (QED) is 0.848. The van der Waals surface area contributed by atoms with E-state index in [0.717, 1.165) is 19.5 Å². The summed E-state index contributed by atoms with van der Waals surface area (Å²) in [4.78, 5) is 14.0. The molecule has 0 aliphatic carbocycles. The van der Waals surface area contributed by atoms with Gasteiger partial charge < -0.3 is 19.1 Å². The summed E-state index contributed by atoms with van der Waals surface area (Å²) >= 11 is 0. The minimum Gasteiger partial charge on any atom is -0.484 e. The van der Waals surface area contributed by atoms with Crippen molar-refractivity contribution in [1.29, 1.82) is 0 Å². The smallest absolute Gasteiger partial charge is 0.260 e. The SMILES string of the molecule is C[C@@H]1CCCN(C(=O)COc2ccc3c(c2)OCO3)C1. The maximum absolute atomic E-state index is 12.1. The van der Waals surface area contributed by atoms with Gasteiger partial charge in [-0.2, -0.15) is 0 Å². The van der Waals surface area contributed by atoms with E-state index in [-0.39, 0.29) is 19.3 Å². The molecule has 0 spiro atoms. The summed E-state index contributed by atoms with van der Waals surface area (Å²) in [5, 5.41) is 0. The number of likely N-dealkylation sites (tertiary alicyclic amines) is 1. The molecule has 5 nitrogen and oxygen atoms in total. The summed E-state index contributed by atoms with van der Waals surface area (Å²) in [7, 11) is 0. The summed E-state index contributed by atoms with van der Waals surface area (Å²) in [6.45, 7) is 4.17. The fourth-order valence-electron chi connectivity index (χ4n) is 2.62. The van der Waals surface area contributed by atoms with Crippen LogP contribution in [0.4, 0.5) is 0 Å². The van der Waals surface area contributed by atoms with Crippen molar-refractivity contribution in [3.05, 3.63) is 18.2 Å². The van der Waals surface area contributed by atoms with Crippen LogP contribution in [0.2, 0.25) is 0 Å². The standard InChI is InChI=1S/C15H19NO4/c1-11-3-2-6-16(8-11)15(17)9-18-12-4-5-13-14(7-12)20-10-19-13/h4-5,7,11H,2-3,6,8-10H2,1H3/t11-/m1/s1. The number of piperidine rings is 1. The Morgan fingerprint density at radius 3 is 3.10 bits per heavy atom. The van der Waals surface area contributed by atoms with Crippen LogP contribution < -0.4 is 14.2 Å². The number of ether oxygens (including phenoxy) is 3. The lowest BCUT2D eigenvalue weighted by atomic mass is 10.0. The van der Waals surface area contributed by atoms with Gasteiger partial charge in [0.05, 0.1) is 0 Å². The highest BCUT2D eigenvalue weighted by Gasteiger charge is 2.21. The number of carbonyl (C=O) groups excluding carboxylic acids is 1. The van der Waals surface area contributed by atoms with Crippen molar-refractivity contribution in [2.45, 2.75) is 19.8 Å². The van der Waals surface area contributed by atoms with Crippen molar-refractivity contribution in [1.82, 2.24) is 4.90 Å². The number of hydrogen-bond acceptors (Lipinski definition) is 4. The van der Waals surface area contributed by atoms with Gasteiger partial charge in [0, 0.05) is 19.2 Å². The predicted octanol–water partition coefficient (Wildman–Crippen LogP) is 2.05. The van der Waals surface area contributed by atoms with Gasteiger partial charge in [-0.05, 0) is 30.9 Å². The molecule has 0 bridgehead atoms. The second-order valence-corrected chi connectivity index (χ2v) is 5.39. The topological polar surface area (TPSA) is 48.0 Å². The molecule has 1 saturated heterocycles. The van der Waals surface area contributed by atoms with Crippen molar-refractivity contribution in [2.75, 3.05) is 26.5 Å². The highest BCUT2D eigenvalue weighted by atomic mass is 16.7. The summed E-state index contributed by atoms with van der Waals surface area (Å²) in [5.41, 5.74) is 0. The van der Waals surface area contributed by atoms with Gasteiger partial charge in [-0.1, -0.05) is 6.92 Å². The van der Waals surface area contributed by atoms with Crippen LogP contribution in [0.1, 0.15) is 19.8 Å². The third kappa shape index (κ3) is 2.81. The van der Waals surface area contributed by atoms with E-state index in [0.29, 0.717) is 23.2 Å². The highest BCUT2D eigenvalue weighted by Crippen LogP contribution is 2.35. The molecule has 2 heterocycles. The number of hydrogen-bond donors (Lipinski definition) is 0. The number of rotatable bonds is 3. The lowest BCUT2D eigenvalue weighted by molar-refractivity contribution is -0.135. The third-order valence-corrected chi connectivity index (χ3v) is 3.72. The molecule has 2 aliphatic rings. The maximum Gasteiger partial charge on any atom is 0.260 e. The molecular weight excluding hydrogens is 258 g/mol. The van der Waals surface area contributed by atoms with Gasteiger partial charge in [-0.25, -0.2) is 0 Å². The first-order valence-electron chi connectivity index (χ1n) is 7.02. The van der Waals surface area contributed by atoms with Gasteiger partial charge in [0.2, 0.25) is 6.79 Å². The molecular formula is C15H19NO4. The van der Waals surface area contributed by atoms with Crippen LogP contribution in [0.5, 0.6) is 17.2 Å². The molecule has 0 radical (unpaired) electrons. The number of benzene rings is 1. The Kier molecular flexibility index (Phi) is 3.67. The lowest BCUT2D eigenvalue weighted by Crippen LogP contribution is -2.41. The summed E-state index contributed by atoms with van der Waals surface area (Å²) in [6, 6.07) is 5.35. The van der Waals surface area contributed by atoms with Gasteiger partial charge in [-0.3, -0.25) is 4.79 Å². The number of carbonyl (C=O) groups is 1. The van der Waals surface area contributed by atoms with Crippen LogP contribution in [0, 0.1) is 5.92 Å². The van der Waals surface area contributed by atoms with Crippen molar-refractivity contribution >= 4 is 5.91 Å². The molecule has 0 saturated carbocycles. The first-order valence-corrected chi connectivity index (χ1v) is 7.02. The van der Waals surface area contributed by atoms with Gasteiger partial charge in [0.15, 0.2) is 18.1 Å². The normalized spacial score (nSPS) is 20.9. The molecule has 1 atom stereocenters. The first-order chi connectivity index (χ1) is 9.72. The highest BCUT2D eigenvalue weighted by molar-refractivity contribution is 5.77. The Bertz CT molecular complexity index is 503. The number of fused-ring (bicyclic) bond motifs is 1. The van der Waals surface area contributed by atoms with Crippen LogP contribution >= 0.6 is 0 Å². The average Bonchev–Trinajstić information content (AvgIpc) is 2.92. The largest absolute Gasteiger partial charge is 0.484 e. The van der Waals surface area contributed by atoms with Gasteiger partial charge in [0.1, 0.15) is 5.75 Å². The Morgan fingerprint density at radius 2 is 2.25 bits per heavy atom. The molecule has 108 valence electrons. The zero-order valence-electron chi connectivity index (χ0n) is 11.6. The van der Waals surface area contributed by atoms with E-state index in [2.05, 4.69) is 6.92 Å². The van der Waals surface area contributed by atoms with Crippen LogP contribution in [0.25, 0.3) is 0 Å². The van der Waals surface area contributed by atoms with E-state index in [9.17, 15) is 4.79 Å². The molecule has 1 aromatic rings. The number of nitrogens with zero attached hydrogens (tertiary/aromatic N) is 1. The molecule has 1 fully saturated rings. The molecule has 0 N–H and O–H groups in total. The third-order valence-electron chi connectivity index (χ3n) is 3.72. The monoisotopic (exact) mass is 277 g/mol. The van der Waals surface area contributed by atoms with E-state index in [1.165, 1.54) is 6.42 Å². The maximum atomic E-state index is 12.1. The minimum atomic E-state index is 0.0502. The van der Waals surface area contributed by atoms with E-state index in [1.807, 2.05) is 4.90 Å². The van der Waals surface area contributed by atoms with Gasteiger partial charge in [0.25, 0.3) is 5.91 Å². The second-order valence-electron chi connectivity index (χ2n) is 5.39. The summed E-state index contributed by atoms with van der Waals surface area (Å²) in [5.74, 6) is 2.65. The average molecular weight is 277 g/mol. The van der Waals surface area contributed by atoms with E-state index < -0.39 is 0 Å². The molecule has 5 heteroatoms. The molecule has 0 aromatic heterocycles. The second kappa shape index (κ2) is 5.61. The molecule has 20 heavy (non-hydrogen) atoms. The molecule has 3 rings (SSSR count). The van der Waals surface area contributed by atoms with Crippen molar-refractivity contribution in [3.63, 3.8) is 0 Å². The van der Waals surface area contributed by atoms with Crippen molar-refractivity contribution in [3.8, 4) is 17.2 Å². The van der Waals surface area contributed by atoms with E-state index in [1.54, 1.807) is 18.2 Å². The van der Waals surface area contributed by atoms with Crippen LogP contribution in [0.3, 0.4) is 0 Å². The predicted molar refractivity (Wildman–Crippen MR) is 73.0 cm³/mol. The van der Waals surface area contributed by atoms with Crippen molar-refractivity contribution in [2.24, 2.45) is 5.92 Å². The Balaban J connectivity index is 1.55. The first kappa shape index (κ1) is 13.1. The minimum absolute atomic E-state index is 0.0502. The zero-order valence-corrected chi connectivity index (χ0v) is 11.6. The Morgan fingerprint density at radius 1 is 1.40 bits per heavy atom. The van der Waals surface area contributed by atoms with E-state index in [4.69, 9.17) is 14.2 Å². The summed E-state index contributed by atoms with van der Waals surface area (Å²) in [6.07, 6.45) is 2.28. The van der Waals surface area contributed by atoms with E-state index >= 15 is 0 Å². The van der Waals surface area contributed by atoms with Crippen LogP contribution in [-0.4, -0.2) is 37.3 Å². The zero-order chi connectivity index (χ0) is 13.9. The van der Waals surface area contributed by atoms with Crippen molar-refractivity contribution < 1.29 is 19.0 Å². The van der Waals surface area contributed by atoms with Gasteiger partial charge >= 0.3 is 0 Å². The van der Waals surface area contributed by atoms with Crippen LogP contribution in [0.15, 0.2) is 18.2 Å². The fraction of sp³-hybridized carbons (Fsp3) is 0.533. The van der Waals surface area contributed by atoms with Gasteiger partial charge in [-0.15, -0.1) is 0 Å². The fourth-order valence-corrected chi connectivity index (χ4v) is 2.62. The molecule has 2 aliphatic heterocycles. The Hall–Kier alpha value is -1.91.